The van der Waals surface area contributed by atoms with Crippen LogP contribution in [0.15, 0.2) is 0 Å². The fourth-order valence-electron chi connectivity index (χ4n) is 2.12. The minimum Gasteiger partial charge on any atom is -0.392 e. The van der Waals surface area contributed by atoms with Crippen LogP contribution in [0.5, 0.6) is 0 Å². The van der Waals surface area contributed by atoms with Gasteiger partial charge in [0.1, 0.15) is 6.10 Å². The fraction of sp³-hybridized carbons (Fsp3) is 0.818. The predicted molar refractivity (Wildman–Crippen MR) is 65.0 cm³/mol. The highest BCUT2D eigenvalue weighted by atomic mass is 32.1. The maximum atomic E-state index is 12.0. The number of nitrogens with two attached hydrogens (primary N) is 1. The predicted octanol–water partition coefficient (Wildman–Crippen LogP) is 0.592. The molecule has 1 saturated carbocycles. The molecule has 0 aromatic carbocycles. The third kappa shape index (κ3) is 2.52. The van der Waals surface area contributed by atoms with Gasteiger partial charge < -0.3 is 15.8 Å². The number of hydrogen-bond acceptors (Lipinski definition) is 3. The fourth-order valence-corrected chi connectivity index (χ4v) is 2.37. The van der Waals surface area contributed by atoms with Crippen LogP contribution in [0.4, 0.5) is 0 Å². The highest BCUT2D eigenvalue weighted by Gasteiger charge is 2.37. The van der Waals surface area contributed by atoms with Gasteiger partial charge in [0, 0.05) is 6.61 Å². The summed E-state index contributed by atoms with van der Waals surface area (Å²) in [5.74, 6) is 0.666. The number of carbonyl (C=O) groups is 1. The Morgan fingerprint density at radius 3 is 2.62 bits per heavy atom. The van der Waals surface area contributed by atoms with Crippen LogP contribution in [0.3, 0.4) is 0 Å². The summed E-state index contributed by atoms with van der Waals surface area (Å²) in [4.78, 5) is 12.3. The molecule has 3 unspecified atom stereocenters. The van der Waals surface area contributed by atoms with E-state index in [2.05, 4.69) is 5.32 Å². The molecule has 1 heterocycles. The average Bonchev–Trinajstić information content (AvgIpc) is 2.96. The molecule has 3 N–H and O–H groups in total. The number of ether oxygens (including phenoxy) is 1. The normalized spacial score (nSPS) is 31.1. The minimum absolute atomic E-state index is 0.0605. The Balaban J connectivity index is 1.92. The SMILES string of the molecule is CC1CCOC1C(=O)NC(C(N)=S)C1CC1. The maximum Gasteiger partial charge on any atom is 0.249 e. The molecule has 1 saturated heterocycles. The van der Waals surface area contributed by atoms with Crippen LogP contribution in [-0.2, 0) is 9.53 Å². The van der Waals surface area contributed by atoms with E-state index in [1.165, 1.54) is 0 Å². The first-order chi connectivity index (χ1) is 7.59. The molecule has 1 aliphatic heterocycles. The van der Waals surface area contributed by atoms with Crippen molar-refractivity contribution in [1.82, 2.24) is 5.32 Å². The highest BCUT2D eigenvalue weighted by molar-refractivity contribution is 7.80. The first-order valence-corrected chi connectivity index (χ1v) is 6.21. The topological polar surface area (TPSA) is 64.3 Å². The lowest BCUT2D eigenvalue weighted by atomic mass is 10.0. The quantitative estimate of drug-likeness (QED) is 0.708. The summed E-state index contributed by atoms with van der Waals surface area (Å²) in [7, 11) is 0. The van der Waals surface area contributed by atoms with Gasteiger partial charge >= 0.3 is 0 Å². The van der Waals surface area contributed by atoms with Crippen molar-refractivity contribution < 1.29 is 9.53 Å². The number of hydrogen-bond donors (Lipinski definition) is 2. The average molecular weight is 242 g/mol. The summed E-state index contributed by atoms with van der Waals surface area (Å²) in [6.45, 7) is 2.70. The first kappa shape index (κ1) is 11.8. The van der Waals surface area contributed by atoms with Crippen molar-refractivity contribution in [2.75, 3.05) is 6.61 Å². The zero-order valence-electron chi connectivity index (χ0n) is 9.44. The van der Waals surface area contributed by atoms with Crippen molar-refractivity contribution in [3.8, 4) is 0 Å². The number of carbonyl (C=O) groups excluding carboxylic acids is 1. The smallest absolute Gasteiger partial charge is 0.249 e. The van der Waals surface area contributed by atoms with Crippen LogP contribution in [-0.4, -0.2) is 29.6 Å². The van der Waals surface area contributed by atoms with Gasteiger partial charge in [-0.25, -0.2) is 0 Å². The van der Waals surface area contributed by atoms with E-state index in [0.29, 0.717) is 17.5 Å². The summed E-state index contributed by atoms with van der Waals surface area (Å²) >= 11 is 4.98. The van der Waals surface area contributed by atoms with E-state index in [1.54, 1.807) is 0 Å². The molecular formula is C11H18N2O2S. The van der Waals surface area contributed by atoms with E-state index >= 15 is 0 Å². The zero-order valence-corrected chi connectivity index (χ0v) is 10.3. The summed E-state index contributed by atoms with van der Waals surface area (Å²) in [5, 5.41) is 2.92. The van der Waals surface area contributed by atoms with Crippen LogP contribution in [0.1, 0.15) is 26.2 Å². The van der Waals surface area contributed by atoms with Gasteiger partial charge in [0.2, 0.25) is 5.91 Å². The van der Waals surface area contributed by atoms with Crippen molar-refractivity contribution in [2.45, 2.75) is 38.3 Å². The summed E-state index contributed by atoms with van der Waals surface area (Å²) < 4.78 is 5.41. The number of nitrogens with one attached hydrogen (secondary N) is 1. The second-order valence-corrected chi connectivity index (χ2v) is 5.25. The second-order valence-electron chi connectivity index (χ2n) is 4.78. The maximum absolute atomic E-state index is 12.0. The van der Waals surface area contributed by atoms with Gasteiger partial charge in [0.05, 0.1) is 11.0 Å². The van der Waals surface area contributed by atoms with Gasteiger partial charge in [-0.05, 0) is 31.1 Å². The van der Waals surface area contributed by atoms with Crippen LogP contribution >= 0.6 is 12.2 Å². The molecule has 4 nitrogen and oxygen atoms in total. The first-order valence-electron chi connectivity index (χ1n) is 5.81. The third-order valence-corrected chi connectivity index (χ3v) is 3.60. The van der Waals surface area contributed by atoms with E-state index in [9.17, 15) is 4.79 Å². The standard InChI is InChI=1S/C11H18N2O2S/c1-6-4-5-15-9(6)11(14)13-8(10(12)16)7-2-3-7/h6-9H,2-5H2,1H3,(H2,12,16)(H,13,14). The molecule has 2 fully saturated rings. The Morgan fingerprint density at radius 2 is 2.19 bits per heavy atom. The van der Waals surface area contributed by atoms with Crippen molar-refractivity contribution >= 4 is 23.1 Å². The molecule has 2 rings (SSSR count). The van der Waals surface area contributed by atoms with Crippen LogP contribution in [0, 0.1) is 11.8 Å². The highest BCUT2D eigenvalue weighted by Crippen LogP contribution is 2.33. The lowest BCUT2D eigenvalue weighted by Gasteiger charge is -2.20. The Morgan fingerprint density at radius 1 is 1.50 bits per heavy atom. The van der Waals surface area contributed by atoms with Crippen LogP contribution in [0.2, 0.25) is 0 Å². The van der Waals surface area contributed by atoms with Crippen molar-refractivity contribution in [2.24, 2.45) is 17.6 Å². The third-order valence-electron chi connectivity index (χ3n) is 3.34. The summed E-state index contributed by atoms with van der Waals surface area (Å²) in [6.07, 6.45) is 2.82. The van der Waals surface area contributed by atoms with Gasteiger partial charge in [-0.15, -0.1) is 0 Å². The molecule has 0 aromatic heterocycles. The van der Waals surface area contributed by atoms with Gasteiger partial charge in [0.25, 0.3) is 0 Å². The van der Waals surface area contributed by atoms with Crippen molar-refractivity contribution in [3.05, 3.63) is 0 Å². The second kappa shape index (κ2) is 4.67. The monoisotopic (exact) mass is 242 g/mol. The zero-order chi connectivity index (χ0) is 11.7. The molecule has 90 valence electrons. The van der Waals surface area contributed by atoms with Gasteiger partial charge in [-0.3, -0.25) is 4.79 Å². The Kier molecular flexibility index (Phi) is 3.44. The molecule has 5 heteroatoms. The van der Waals surface area contributed by atoms with E-state index < -0.39 is 0 Å². The molecule has 16 heavy (non-hydrogen) atoms. The van der Waals surface area contributed by atoms with E-state index in [-0.39, 0.29) is 24.0 Å². The molecular weight excluding hydrogens is 224 g/mol. The number of rotatable bonds is 4. The molecule has 0 aromatic rings. The molecule has 0 bridgehead atoms. The van der Waals surface area contributed by atoms with Crippen LogP contribution in [0.25, 0.3) is 0 Å². The van der Waals surface area contributed by atoms with Crippen molar-refractivity contribution in [1.29, 1.82) is 0 Å². The Bertz CT molecular complexity index is 304. The number of amides is 1. The Labute approximate surface area is 101 Å². The van der Waals surface area contributed by atoms with E-state index in [1.807, 2.05) is 6.92 Å². The minimum atomic E-state index is -0.324. The lowest BCUT2D eigenvalue weighted by molar-refractivity contribution is -0.131. The molecule has 2 aliphatic rings. The molecule has 0 radical (unpaired) electrons. The summed E-state index contributed by atoms with van der Waals surface area (Å²) in [5.41, 5.74) is 5.64. The lowest BCUT2D eigenvalue weighted by Crippen LogP contribution is -2.49. The molecule has 0 spiro atoms. The Hall–Kier alpha value is -0.680. The van der Waals surface area contributed by atoms with E-state index in [0.717, 1.165) is 19.3 Å². The van der Waals surface area contributed by atoms with E-state index in [4.69, 9.17) is 22.7 Å². The van der Waals surface area contributed by atoms with Gasteiger partial charge in [-0.2, -0.15) is 0 Å². The molecule has 1 amide bonds. The van der Waals surface area contributed by atoms with Crippen molar-refractivity contribution in [3.63, 3.8) is 0 Å². The van der Waals surface area contributed by atoms with Gasteiger partial charge in [0.15, 0.2) is 0 Å². The van der Waals surface area contributed by atoms with Gasteiger partial charge in [-0.1, -0.05) is 19.1 Å². The largest absolute Gasteiger partial charge is 0.392 e. The molecule has 3 atom stereocenters. The van der Waals surface area contributed by atoms with Crippen LogP contribution < -0.4 is 11.1 Å². The number of thiocarbonyl (C=S) groups is 1. The molecule has 1 aliphatic carbocycles. The summed E-state index contributed by atoms with van der Waals surface area (Å²) in [6, 6.07) is -0.140.